The minimum absolute atomic E-state index is 0.130. The van der Waals surface area contributed by atoms with Gasteiger partial charge in [0, 0.05) is 29.0 Å². The molecule has 0 saturated heterocycles. The van der Waals surface area contributed by atoms with Crippen molar-refractivity contribution in [2.75, 3.05) is 7.11 Å². The Labute approximate surface area is 190 Å². The van der Waals surface area contributed by atoms with E-state index in [1.807, 2.05) is 36.4 Å². The fourth-order valence-electron chi connectivity index (χ4n) is 3.59. The minimum atomic E-state index is -0.825. The summed E-state index contributed by atoms with van der Waals surface area (Å²) in [5.74, 6) is 0.767. The van der Waals surface area contributed by atoms with Crippen LogP contribution in [0, 0.1) is 11.3 Å². The topological polar surface area (TPSA) is 106 Å². The smallest absolute Gasteiger partial charge is 0.489 e. The number of methoxy groups -OCH3 is 1. The van der Waals surface area contributed by atoms with E-state index >= 15 is 0 Å². The van der Waals surface area contributed by atoms with Crippen LogP contribution in [0.4, 0.5) is 4.79 Å². The first kappa shape index (κ1) is 22.1. The van der Waals surface area contributed by atoms with Crippen LogP contribution in [-0.2, 0) is 22.7 Å². The fourth-order valence-corrected chi connectivity index (χ4v) is 3.59. The molecule has 0 bridgehead atoms. The van der Waals surface area contributed by atoms with Crippen molar-refractivity contribution in [2.24, 2.45) is 0 Å². The minimum Gasteiger partial charge on any atom is -0.489 e. The van der Waals surface area contributed by atoms with Crippen LogP contribution in [0.3, 0.4) is 0 Å². The number of nitrogens with zero attached hydrogens (tertiary/aromatic N) is 2. The van der Waals surface area contributed by atoms with Crippen molar-refractivity contribution in [1.82, 2.24) is 9.97 Å². The van der Waals surface area contributed by atoms with Crippen LogP contribution in [0.1, 0.15) is 30.5 Å². The monoisotopic (exact) mass is 445 g/mol. The van der Waals surface area contributed by atoms with Gasteiger partial charge in [-0.1, -0.05) is 18.2 Å². The Morgan fingerprint density at radius 3 is 2.73 bits per heavy atom. The van der Waals surface area contributed by atoms with Gasteiger partial charge in [-0.05, 0) is 38.1 Å². The van der Waals surface area contributed by atoms with Crippen LogP contribution in [0.2, 0.25) is 0 Å². The first-order valence-corrected chi connectivity index (χ1v) is 10.4. The number of fused-ring (bicyclic) bond motifs is 3. The fraction of sp³-hybridized carbons (Fsp3) is 0.240. The Hall–Kier alpha value is -4.09. The summed E-state index contributed by atoms with van der Waals surface area (Å²) in [5.41, 5.74) is 3.65. The van der Waals surface area contributed by atoms with Crippen molar-refractivity contribution in [3.8, 4) is 17.7 Å². The van der Waals surface area contributed by atoms with E-state index in [1.165, 1.54) is 0 Å². The van der Waals surface area contributed by atoms with Crippen molar-refractivity contribution >= 4 is 28.0 Å². The molecule has 0 aliphatic heterocycles. The molecule has 2 aromatic heterocycles. The number of ether oxygens (including phenoxy) is 4. The Balaban J connectivity index is 1.72. The van der Waals surface area contributed by atoms with Crippen molar-refractivity contribution < 1.29 is 23.7 Å². The summed E-state index contributed by atoms with van der Waals surface area (Å²) >= 11 is 0. The van der Waals surface area contributed by atoms with Gasteiger partial charge >= 0.3 is 6.16 Å². The first-order chi connectivity index (χ1) is 16.0. The summed E-state index contributed by atoms with van der Waals surface area (Å²) in [6.45, 7) is 3.93. The first-order valence-electron chi connectivity index (χ1n) is 10.4. The number of aromatic nitrogens is 2. The van der Waals surface area contributed by atoms with E-state index in [0.29, 0.717) is 16.9 Å². The summed E-state index contributed by atoms with van der Waals surface area (Å²) < 4.78 is 21.8. The highest BCUT2D eigenvalue weighted by Crippen LogP contribution is 2.35. The van der Waals surface area contributed by atoms with Gasteiger partial charge in [-0.2, -0.15) is 5.26 Å². The number of hydrogen-bond donors (Lipinski definition) is 1. The number of carbonyl (C=O) groups is 1. The highest BCUT2D eigenvalue weighted by molar-refractivity contribution is 6.09. The predicted octanol–water partition coefficient (Wildman–Crippen LogP) is 5.24. The second-order valence-electron chi connectivity index (χ2n) is 7.67. The van der Waals surface area contributed by atoms with Gasteiger partial charge in [0.05, 0.1) is 41.6 Å². The van der Waals surface area contributed by atoms with Gasteiger partial charge in [-0.3, -0.25) is 0 Å². The number of nitrogens with one attached hydrogen (secondary N) is 1. The van der Waals surface area contributed by atoms with Gasteiger partial charge < -0.3 is 23.9 Å². The third-order valence-corrected chi connectivity index (χ3v) is 5.00. The summed E-state index contributed by atoms with van der Waals surface area (Å²) in [5, 5.41) is 11.0. The molecule has 0 saturated carbocycles. The van der Waals surface area contributed by atoms with Crippen LogP contribution in [-0.4, -0.2) is 29.3 Å². The molecule has 0 radical (unpaired) electrons. The predicted molar refractivity (Wildman–Crippen MR) is 122 cm³/mol. The molecule has 8 nitrogen and oxygen atoms in total. The molecule has 0 spiro atoms. The molecule has 2 heterocycles. The van der Waals surface area contributed by atoms with Gasteiger partial charge in [0.1, 0.15) is 12.4 Å². The zero-order valence-corrected chi connectivity index (χ0v) is 18.5. The summed E-state index contributed by atoms with van der Waals surface area (Å²) in [6.07, 6.45) is 0.469. The molecule has 0 aliphatic rings. The number of benzene rings is 2. The van der Waals surface area contributed by atoms with Crippen LogP contribution < -0.4 is 9.47 Å². The van der Waals surface area contributed by atoms with E-state index in [-0.39, 0.29) is 25.2 Å². The van der Waals surface area contributed by atoms with E-state index in [0.717, 1.165) is 27.4 Å². The number of hydrogen-bond acceptors (Lipinski definition) is 7. The Bertz CT molecular complexity index is 1350. The van der Waals surface area contributed by atoms with Crippen LogP contribution >= 0.6 is 0 Å². The molecule has 4 aromatic rings. The molecule has 168 valence electrons. The van der Waals surface area contributed by atoms with Crippen molar-refractivity contribution in [3.63, 3.8) is 0 Å². The number of rotatable bonds is 7. The molecular weight excluding hydrogens is 422 g/mol. The number of nitriles is 1. The number of pyridine rings is 1. The van der Waals surface area contributed by atoms with E-state index in [1.54, 1.807) is 33.2 Å². The SMILES string of the molecule is COCc1c(OC(=O)OC(C)C)ncc2[nH]c3ccc(OCc4ccccc4C#N)cc3c12. The highest BCUT2D eigenvalue weighted by Gasteiger charge is 2.19. The summed E-state index contributed by atoms with van der Waals surface area (Å²) in [7, 11) is 1.56. The van der Waals surface area contributed by atoms with Gasteiger partial charge in [0.25, 0.3) is 0 Å². The molecule has 0 fully saturated rings. The summed E-state index contributed by atoms with van der Waals surface area (Å²) in [4.78, 5) is 19.7. The maximum Gasteiger partial charge on any atom is 0.515 e. The second-order valence-corrected chi connectivity index (χ2v) is 7.67. The quantitative estimate of drug-likeness (QED) is 0.388. The molecule has 0 amide bonds. The lowest BCUT2D eigenvalue weighted by molar-refractivity contribution is 0.0705. The summed E-state index contributed by atoms with van der Waals surface area (Å²) in [6, 6.07) is 15.2. The number of H-pyrrole nitrogens is 1. The normalized spacial score (nSPS) is 11.0. The molecule has 0 aliphatic carbocycles. The van der Waals surface area contributed by atoms with E-state index < -0.39 is 6.16 Å². The van der Waals surface area contributed by atoms with Crippen molar-refractivity contribution in [1.29, 1.82) is 5.26 Å². The van der Waals surface area contributed by atoms with E-state index in [9.17, 15) is 10.1 Å². The molecule has 0 unspecified atom stereocenters. The van der Waals surface area contributed by atoms with Crippen LogP contribution in [0.15, 0.2) is 48.7 Å². The van der Waals surface area contributed by atoms with Gasteiger partial charge in [-0.25, -0.2) is 9.78 Å². The van der Waals surface area contributed by atoms with Gasteiger partial charge in [-0.15, -0.1) is 0 Å². The molecule has 4 rings (SSSR count). The van der Waals surface area contributed by atoms with Crippen molar-refractivity contribution in [3.05, 3.63) is 65.4 Å². The largest absolute Gasteiger partial charge is 0.515 e. The molecule has 8 heteroatoms. The van der Waals surface area contributed by atoms with Crippen LogP contribution in [0.5, 0.6) is 11.6 Å². The molecule has 33 heavy (non-hydrogen) atoms. The second kappa shape index (κ2) is 9.59. The third-order valence-electron chi connectivity index (χ3n) is 5.00. The lowest BCUT2D eigenvalue weighted by Gasteiger charge is -2.12. The number of carbonyl (C=O) groups excluding carboxylic acids is 1. The van der Waals surface area contributed by atoms with E-state index in [2.05, 4.69) is 16.0 Å². The molecule has 2 aromatic carbocycles. The lowest BCUT2D eigenvalue weighted by Crippen LogP contribution is -2.17. The Kier molecular flexibility index (Phi) is 6.43. The standard InChI is InChI=1S/C25H23N3O5/c1-15(2)32-25(29)33-24-20(14-30-3)23-19-10-18(8-9-21(19)28-22(23)12-27-24)31-13-17-7-5-4-6-16(17)11-26/h4-10,12,15,28H,13-14H2,1-3H3. The maximum absolute atomic E-state index is 12.1. The third kappa shape index (κ3) is 4.73. The average molecular weight is 445 g/mol. The van der Waals surface area contributed by atoms with E-state index in [4.69, 9.17) is 18.9 Å². The molecule has 1 N–H and O–H groups in total. The number of aromatic amines is 1. The zero-order valence-electron chi connectivity index (χ0n) is 18.5. The Morgan fingerprint density at radius 1 is 1.15 bits per heavy atom. The molecular formula is C25H23N3O5. The highest BCUT2D eigenvalue weighted by atomic mass is 16.7. The van der Waals surface area contributed by atoms with Crippen molar-refractivity contribution in [2.45, 2.75) is 33.2 Å². The maximum atomic E-state index is 12.1. The lowest BCUT2D eigenvalue weighted by atomic mass is 10.1. The van der Waals surface area contributed by atoms with Gasteiger partial charge in [0.15, 0.2) is 0 Å². The average Bonchev–Trinajstić information content (AvgIpc) is 3.17. The Morgan fingerprint density at radius 2 is 1.97 bits per heavy atom. The zero-order chi connectivity index (χ0) is 23.4. The van der Waals surface area contributed by atoms with Crippen LogP contribution in [0.25, 0.3) is 21.8 Å². The molecule has 0 atom stereocenters. The van der Waals surface area contributed by atoms with Gasteiger partial charge in [0.2, 0.25) is 5.88 Å².